The van der Waals surface area contributed by atoms with Gasteiger partial charge in [-0.1, -0.05) is 18.0 Å². The average molecular weight is 281 g/mol. The molecule has 1 aliphatic heterocycles. The molecule has 5 heteroatoms. The van der Waals surface area contributed by atoms with E-state index in [0.29, 0.717) is 16.3 Å². The molecule has 1 aliphatic rings. The third-order valence-electron chi connectivity index (χ3n) is 2.83. The molecule has 1 heterocycles. The SMILES string of the molecule is N#Cc1ccc(Cl)cc1NC(=O)C1CCCCS1. The number of hydrogen-bond acceptors (Lipinski definition) is 3. The van der Waals surface area contributed by atoms with Crippen molar-refractivity contribution in [1.82, 2.24) is 0 Å². The van der Waals surface area contributed by atoms with Crippen molar-refractivity contribution in [2.75, 3.05) is 11.1 Å². The lowest BCUT2D eigenvalue weighted by Gasteiger charge is -2.20. The summed E-state index contributed by atoms with van der Waals surface area (Å²) < 4.78 is 0. The van der Waals surface area contributed by atoms with Gasteiger partial charge in [-0.15, -0.1) is 11.8 Å². The molecule has 1 aromatic rings. The molecule has 1 atom stereocenters. The molecular formula is C13H13ClN2OS. The summed E-state index contributed by atoms with van der Waals surface area (Å²) in [5.74, 6) is 0.997. The van der Waals surface area contributed by atoms with Crippen LogP contribution in [0.3, 0.4) is 0 Å². The highest BCUT2D eigenvalue weighted by atomic mass is 35.5. The number of thioether (sulfide) groups is 1. The third-order valence-corrected chi connectivity index (χ3v) is 4.44. The minimum atomic E-state index is -0.0292. The number of nitrogens with zero attached hydrogens (tertiary/aromatic N) is 1. The summed E-state index contributed by atoms with van der Waals surface area (Å²) in [6, 6.07) is 6.93. The fourth-order valence-corrected chi connectivity index (χ4v) is 3.25. The van der Waals surface area contributed by atoms with Crippen LogP contribution in [0.15, 0.2) is 18.2 Å². The van der Waals surface area contributed by atoms with E-state index in [4.69, 9.17) is 16.9 Å². The van der Waals surface area contributed by atoms with Crippen molar-refractivity contribution in [3.8, 4) is 6.07 Å². The molecule has 1 fully saturated rings. The van der Waals surface area contributed by atoms with Crippen LogP contribution in [0.25, 0.3) is 0 Å². The van der Waals surface area contributed by atoms with Crippen LogP contribution in [0.4, 0.5) is 5.69 Å². The minimum absolute atomic E-state index is 0.00993. The highest BCUT2D eigenvalue weighted by molar-refractivity contribution is 8.00. The van der Waals surface area contributed by atoms with Gasteiger partial charge in [-0.25, -0.2) is 0 Å². The molecule has 0 radical (unpaired) electrons. The number of anilines is 1. The third kappa shape index (κ3) is 3.18. The number of benzene rings is 1. The summed E-state index contributed by atoms with van der Waals surface area (Å²) >= 11 is 7.56. The molecule has 1 aromatic carbocycles. The molecule has 3 nitrogen and oxygen atoms in total. The molecule has 0 bridgehead atoms. The second kappa shape index (κ2) is 6.12. The number of nitrogens with one attached hydrogen (secondary N) is 1. The molecular weight excluding hydrogens is 268 g/mol. The first-order valence-electron chi connectivity index (χ1n) is 5.83. The average Bonchev–Trinajstić information content (AvgIpc) is 2.40. The van der Waals surface area contributed by atoms with Gasteiger partial charge in [-0.2, -0.15) is 5.26 Å². The number of carbonyl (C=O) groups is 1. The van der Waals surface area contributed by atoms with Crippen molar-refractivity contribution in [1.29, 1.82) is 5.26 Å². The summed E-state index contributed by atoms with van der Waals surface area (Å²) in [5.41, 5.74) is 0.940. The Kier molecular flexibility index (Phi) is 4.51. The van der Waals surface area contributed by atoms with E-state index in [1.54, 1.807) is 30.0 Å². The molecule has 1 N–H and O–H groups in total. The van der Waals surface area contributed by atoms with Gasteiger partial charge < -0.3 is 5.32 Å². The maximum absolute atomic E-state index is 12.1. The Balaban J connectivity index is 2.11. The van der Waals surface area contributed by atoms with E-state index >= 15 is 0 Å². The quantitative estimate of drug-likeness (QED) is 0.903. The summed E-state index contributed by atoms with van der Waals surface area (Å²) in [6.07, 6.45) is 3.17. The van der Waals surface area contributed by atoms with E-state index in [1.165, 1.54) is 6.42 Å². The van der Waals surface area contributed by atoms with E-state index in [-0.39, 0.29) is 11.2 Å². The molecule has 1 saturated heterocycles. The van der Waals surface area contributed by atoms with Crippen molar-refractivity contribution >= 4 is 35.0 Å². The first-order valence-corrected chi connectivity index (χ1v) is 7.25. The van der Waals surface area contributed by atoms with Crippen molar-refractivity contribution in [3.05, 3.63) is 28.8 Å². The molecule has 1 unspecified atom stereocenters. The van der Waals surface area contributed by atoms with E-state index in [0.717, 1.165) is 18.6 Å². The van der Waals surface area contributed by atoms with Gasteiger partial charge in [0.05, 0.1) is 16.5 Å². The van der Waals surface area contributed by atoms with Gasteiger partial charge >= 0.3 is 0 Å². The lowest BCUT2D eigenvalue weighted by atomic mass is 10.1. The number of amides is 1. The van der Waals surface area contributed by atoms with Crippen LogP contribution in [-0.2, 0) is 4.79 Å². The maximum atomic E-state index is 12.1. The van der Waals surface area contributed by atoms with Gasteiger partial charge in [-0.3, -0.25) is 4.79 Å². The zero-order valence-corrected chi connectivity index (χ0v) is 11.4. The monoisotopic (exact) mass is 280 g/mol. The van der Waals surface area contributed by atoms with Gasteiger partial charge in [0.15, 0.2) is 0 Å². The molecule has 18 heavy (non-hydrogen) atoms. The van der Waals surface area contributed by atoms with Gasteiger partial charge in [0.25, 0.3) is 0 Å². The summed E-state index contributed by atoms with van der Waals surface area (Å²) in [6.45, 7) is 0. The second-order valence-corrected chi connectivity index (χ2v) is 5.89. The second-order valence-electron chi connectivity index (χ2n) is 4.15. The maximum Gasteiger partial charge on any atom is 0.237 e. The van der Waals surface area contributed by atoms with E-state index in [2.05, 4.69) is 11.4 Å². The van der Waals surface area contributed by atoms with Crippen LogP contribution >= 0.6 is 23.4 Å². The molecule has 2 rings (SSSR count). The summed E-state index contributed by atoms with van der Waals surface area (Å²) in [4.78, 5) is 12.1. The van der Waals surface area contributed by atoms with E-state index < -0.39 is 0 Å². The highest BCUT2D eigenvalue weighted by Crippen LogP contribution is 2.27. The van der Waals surface area contributed by atoms with Crippen molar-refractivity contribution in [2.45, 2.75) is 24.5 Å². The van der Waals surface area contributed by atoms with E-state index in [9.17, 15) is 4.79 Å². The fraction of sp³-hybridized carbons (Fsp3) is 0.385. The van der Waals surface area contributed by atoms with Crippen LogP contribution < -0.4 is 5.32 Å². The van der Waals surface area contributed by atoms with Crippen LogP contribution in [0.5, 0.6) is 0 Å². The van der Waals surface area contributed by atoms with Crippen LogP contribution in [0.2, 0.25) is 5.02 Å². The van der Waals surface area contributed by atoms with Gasteiger partial charge in [-0.05, 0) is 36.8 Å². The number of rotatable bonds is 2. The summed E-state index contributed by atoms with van der Waals surface area (Å²) in [7, 11) is 0. The molecule has 0 saturated carbocycles. The number of hydrogen-bond donors (Lipinski definition) is 1. The van der Waals surface area contributed by atoms with Gasteiger partial charge in [0, 0.05) is 5.02 Å². The number of carbonyl (C=O) groups excluding carboxylic acids is 1. The van der Waals surface area contributed by atoms with Crippen LogP contribution in [0, 0.1) is 11.3 Å². The van der Waals surface area contributed by atoms with Crippen molar-refractivity contribution in [2.24, 2.45) is 0 Å². The van der Waals surface area contributed by atoms with Crippen molar-refractivity contribution in [3.63, 3.8) is 0 Å². The molecule has 0 aliphatic carbocycles. The Labute approximate surface area is 116 Å². The Hall–Kier alpha value is -1.18. The molecule has 94 valence electrons. The molecule has 0 aromatic heterocycles. The number of nitriles is 1. The molecule has 1 amide bonds. The lowest BCUT2D eigenvalue weighted by Crippen LogP contribution is -2.27. The predicted molar refractivity (Wildman–Crippen MR) is 74.9 cm³/mol. The normalized spacial score (nSPS) is 19.0. The Morgan fingerprint density at radius 3 is 3.00 bits per heavy atom. The van der Waals surface area contributed by atoms with E-state index in [1.807, 2.05) is 0 Å². The Morgan fingerprint density at radius 1 is 1.50 bits per heavy atom. The van der Waals surface area contributed by atoms with Gasteiger partial charge in [0.1, 0.15) is 6.07 Å². The zero-order chi connectivity index (χ0) is 13.0. The first-order chi connectivity index (χ1) is 8.70. The smallest absolute Gasteiger partial charge is 0.237 e. The van der Waals surface area contributed by atoms with Crippen molar-refractivity contribution < 1.29 is 4.79 Å². The Morgan fingerprint density at radius 2 is 2.33 bits per heavy atom. The largest absolute Gasteiger partial charge is 0.324 e. The first kappa shape index (κ1) is 13.3. The van der Waals surface area contributed by atoms with Crippen LogP contribution in [0.1, 0.15) is 24.8 Å². The zero-order valence-electron chi connectivity index (χ0n) is 9.78. The lowest BCUT2D eigenvalue weighted by molar-refractivity contribution is -0.115. The van der Waals surface area contributed by atoms with Gasteiger partial charge in [0.2, 0.25) is 5.91 Å². The van der Waals surface area contributed by atoms with Crippen LogP contribution in [-0.4, -0.2) is 16.9 Å². The predicted octanol–water partition coefficient (Wildman–Crippen LogP) is 3.44. The minimum Gasteiger partial charge on any atom is -0.324 e. The highest BCUT2D eigenvalue weighted by Gasteiger charge is 2.22. The topological polar surface area (TPSA) is 52.9 Å². The summed E-state index contributed by atoms with van der Waals surface area (Å²) in [5, 5.41) is 12.3. The molecule has 0 spiro atoms. The Bertz CT molecular complexity index is 492. The fourth-order valence-electron chi connectivity index (χ4n) is 1.88. The standard InChI is InChI=1S/C13H13ClN2OS/c14-10-5-4-9(8-15)11(7-10)16-13(17)12-3-1-2-6-18-12/h4-5,7,12H,1-3,6H2,(H,16,17). The number of halogens is 1.